The summed E-state index contributed by atoms with van der Waals surface area (Å²) in [5.74, 6) is -0.469. The van der Waals surface area contributed by atoms with E-state index in [1.54, 1.807) is 19.2 Å². The zero-order chi connectivity index (χ0) is 20.9. The maximum Gasteiger partial charge on any atom is 0.241 e. The Kier molecular flexibility index (Phi) is 7.26. The third-order valence-corrected chi connectivity index (χ3v) is 5.57. The number of carbonyl (C=O) groups is 1. The lowest BCUT2D eigenvalue weighted by atomic mass is 10.0. The van der Waals surface area contributed by atoms with Gasteiger partial charge in [0.15, 0.2) is 0 Å². The smallest absolute Gasteiger partial charge is 0.241 e. The topological polar surface area (TPSA) is 75.7 Å². The summed E-state index contributed by atoms with van der Waals surface area (Å²) in [5.41, 5.74) is 0.980. The summed E-state index contributed by atoms with van der Waals surface area (Å²) in [7, 11) is -2.22. The molecule has 2 rings (SSSR count). The highest BCUT2D eigenvalue weighted by molar-refractivity contribution is 7.92. The summed E-state index contributed by atoms with van der Waals surface area (Å²) < 4.78 is 43.7. The third kappa shape index (κ3) is 5.59. The fraction of sp³-hybridized carbons (Fsp3) is 0.316. The molecule has 0 spiro atoms. The van der Waals surface area contributed by atoms with Crippen LogP contribution in [-0.4, -0.2) is 34.2 Å². The average molecular weight is 429 g/mol. The first-order chi connectivity index (χ1) is 13.2. The van der Waals surface area contributed by atoms with Gasteiger partial charge in [0.2, 0.25) is 15.9 Å². The Morgan fingerprint density at radius 2 is 1.89 bits per heavy atom. The summed E-state index contributed by atoms with van der Waals surface area (Å²) in [5, 5.41) is 2.60. The van der Waals surface area contributed by atoms with Crippen molar-refractivity contribution < 1.29 is 22.3 Å². The molecule has 1 amide bonds. The number of halogens is 2. The number of ether oxygens (including phenoxy) is 1. The first kappa shape index (κ1) is 22.0. The van der Waals surface area contributed by atoms with Gasteiger partial charge in [-0.25, -0.2) is 12.8 Å². The number of anilines is 1. The molecule has 0 heterocycles. The van der Waals surface area contributed by atoms with Crippen LogP contribution in [0.15, 0.2) is 42.5 Å². The predicted molar refractivity (Wildman–Crippen MR) is 108 cm³/mol. The molecule has 28 heavy (non-hydrogen) atoms. The van der Waals surface area contributed by atoms with Crippen molar-refractivity contribution in [3.63, 3.8) is 0 Å². The van der Waals surface area contributed by atoms with Crippen molar-refractivity contribution in [3.05, 3.63) is 58.9 Å². The molecule has 0 fully saturated rings. The Bertz CT molecular complexity index is 935. The van der Waals surface area contributed by atoms with Crippen LogP contribution < -0.4 is 14.4 Å². The number of sulfonamides is 1. The monoisotopic (exact) mass is 428 g/mol. The number of carbonyl (C=O) groups excluding carboxylic acids is 1. The van der Waals surface area contributed by atoms with Crippen molar-refractivity contribution in [2.24, 2.45) is 0 Å². The fourth-order valence-electron chi connectivity index (χ4n) is 2.67. The first-order valence-electron chi connectivity index (χ1n) is 8.51. The lowest BCUT2D eigenvalue weighted by Crippen LogP contribution is -2.41. The molecule has 0 aliphatic heterocycles. The molecule has 0 saturated heterocycles. The standard InChI is InChI=1S/C19H22ClFN2O4S/c1-4-18(13-5-8-15(27-2)9-6-13)22-19(24)12-23(28(3,25)26)14-7-10-17(21)16(20)11-14/h5-11,18H,4,12H2,1-3H3,(H,22,24). The Labute approximate surface area is 169 Å². The zero-order valence-electron chi connectivity index (χ0n) is 15.8. The summed E-state index contributed by atoms with van der Waals surface area (Å²) in [6.07, 6.45) is 1.58. The van der Waals surface area contributed by atoms with E-state index >= 15 is 0 Å². The van der Waals surface area contributed by atoms with Crippen molar-refractivity contribution in [1.82, 2.24) is 5.32 Å². The van der Waals surface area contributed by atoms with E-state index in [0.717, 1.165) is 22.2 Å². The van der Waals surface area contributed by atoms with Crippen molar-refractivity contribution in [1.29, 1.82) is 0 Å². The summed E-state index contributed by atoms with van der Waals surface area (Å²) in [4.78, 5) is 12.5. The van der Waals surface area contributed by atoms with Crippen molar-refractivity contribution >= 4 is 33.2 Å². The largest absolute Gasteiger partial charge is 0.497 e. The fourth-order valence-corrected chi connectivity index (χ4v) is 3.69. The van der Waals surface area contributed by atoms with Crippen LogP contribution in [0.1, 0.15) is 24.9 Å². The normalized spacial score (nSPS) is 12.3. The van der Waals surface area contributed by atoms with Gasteiger partial charge in [-0.2, -0.15) is 0 Å². The molecule has 6 nitrogen and oxygen atoms in total. The van der Waals surface area contributed by atoms with Gasteiger partial charge in [-0.1, -0.05) is 30.7 Å². The van der Waals surface area contributed by atoms with Gasteiger partial charge in [0.05, 0.1) is 30.1 Å². The van der Waals surface area contributed by atoms with Gasteiger partial charge < -0.3 is 10.1 Å². The minimum absolute atomic E-state index is 0.113. The predicted octanol–water partition coefficient (Wildman–Crippen LogP) is 3.52. The molecule has 152 valence electrons. The maximum absolute atomic E-state index is 13.4. The molecular formula is C19H22ClFN2O4S. The Morgan fingerprint density at radius 3 is 2.39 bits per heavy atom. The molecule has 0 aromatic heterocycles. The van der Waals surface area contributed by atoms with Crippen LogP contribution in [0.2, 0.25) is 5.02 Å². The highest BCUT2D eigenvalue weighted by atomic mass is 35.5. The molecule has 9 heteroatoms. The average Bonchev–Trinajstić information content (AvgIpc) is 2.65. The Morgan fingerprint density at radius 1 is 1.25 bits per heavy atom. The lowest BCUT2D eigenvalue weighted by molar-refractivity contribution is -0.120. The molecule has 0 aliphatic rings. The van der Waals surface area contributed by atoms with Gasteiger partial charge in [-0.15, -0.1) is 0 Å². The molecule has 1 unspecified atom stereocenters. The molecule has 2 aromatic carbocycles. The van der Waals surface area contributed by atoms with Crippen molar-refractivity contribution in [3.8, 4) is 5.75 Å². The minimum atomic E-state index is -3.78. The molecule has 0 radical (unpaired) electrons. The third-order valence-electron chi connectivity index (χ3n) is 4.14. The first-order valence-corrected chi connectivity index (χ1v) is 10.7. The van der Waals surface area contributed by atoms with E-state index < -0.39 is 28.3 Å². The van der Waals surface area contributed by atoms with Crippen LogP contribution in [-0.2, 0) is 14.8 Å². The molecule has 1 N–H and O–H groups in total. The van der Waals surface area contributed by atoms with Crippen LogP contribution in [0.25, 0.3) is 0 Å². The molecule has 0 saturated carbocycles. The van der Waals surface area contributed by atoms with Crippen LogP contribution >= 0.6 is 11.6 Å². The van der Waals surface area contributed by atoms with Crippen molar-refractivity contribution in [2.75, 3.05) is 24.2 Å². The van der Waals surface area contributed by atoms with Crippen LogP contribution in [0, 0.1) is 5.82 Å². The van der Waals surface area contributed by atoms with Gasteiger partial charge in [-0.3, -0.25) is 9.10 Å². The molecule has 0 bridgehead atoms. The highest BCUT2D eigenvalue weighted by Gasteiger charge is 2.23. The number of nitrogens with one attached hydrogen (secondary N) is 1. The maximum atomic E-state index is 13.4. The number of benzene rings is 2. The number of amides is 1. The minimum Gasteiger partial charge on any atom is -0.497 e. The molecule has 1 atom stereocenters. The van der Waals surface area contributed by atoms with Gasteiger partial charge in [-0.05, 0) is 42.3 Å². The van der Waals surface area contributed by atoms with E-state index in [4.69, 9.17) is 16.3 Å². The second-order valence-electron chi connectivity index (χ2n) is 6.17. The van der Waals surface area contributed by atoms with Gasteiger partial charge in [0, 0.05) is 0 Å². The Hall–Kier alpha value is -2.32. The van der Waals surface area contributed by atoms with E-state index in [0.29, 0.717) is 12.2 Å². The number of methoxy groups -OCH3 is 1. The zero-order valence-corrected chi connectivity index (χ0v) is 17.3. The molecule has 0 aliphatic carbocycles. The van der Waals surface area contributed by atoms with Crippen LogP contribution in [0.5, 0.6) is 5.75 Å². The van der Waals surface area contributed by atoms with Crippen molar-refractivity contribution in [2.45, 2.75) is 19.4 Å². The quantitative estimate of drug-likeness (QED) is 0.698. The van der Waals surface area contributed by atoms with E-state index in [1.807, 2.05) is 19.1 Å². The molecular weight excluding hydrogens is 407 g/mol. The van der Waals surface area contributed by atoms with Crippen LogP contribution in [0.4, 0.5) is 10.1 Å². The van der Waals surface area contributed by atoms with Gasteiger partial charge in [0.1, 0.15) is 18.1 Å². The van der Waals surface area contributed by atoms with Gasteiger partial charge in [0.25, 0.3) is 0 Å². The number of nitrogens with zero attached hydrogens (tertiary/aromatic N) is 1. The molecule has 2 aromatic rings. The summed E-state index contributed by atoms with van der Waals surface area (Å²) in [6, 6.07) is 10.4. The van der Waals surface area contributed by atoms with E-state index in [2.05, 4.69) is 5.32 Å². The van der Waals surface area contributed by atoms with E-state index in [1.165, 1.54) is 12.1 Å². The number of rotatable bonds is 8. The number of hydrogen-bond donors (Lipinski definition) is 1. The number of hydrogen-bond acceptors (Lipinski definition) is 4. The van der Waals surface area contributed by atoms with Gasteiger partial charge >= 0.3 is 0 Å². The lowest BCUT2D eigenvalue weighted by Gasteiger charge is -2.24. The summed E-state index contributed by atoms with van der Waals surface area (Å²) >= 11 is 5.75. The summed E-state index contributed by atoms with van der Waals surface area (Å²) in [6.45, 7) is 1.46. The second kappa shape index (κ2) is 9.25. The SMILES string of the molecule is CCC(NC(=O)CN(c1ccc(F)c(Cl)c1)S(C)(=O)=O)c1ccc(OC)cc1. The van der Waals surface area contributed by atoms with E-state index in [9.17, 15) is 17.6 Å². The van der Waals surface area contributed by atoms with Crippen LogP contribution in [0.3, 0.4) is 0 Å². The second-order valence-corrected chi connectivity index (χ2v) is 8.48. The van der Waals surface area contributed by atoms with E-state index in [-0.39, 0.29) is 16.8 Å². The Balaban J connectivity index is 2.19. The highest BCUT2D eigenvalue weighted by Crippen LogP contribution is 2.25.